The summed E-state index contributed by atoms with van der Waals surface area (Å²) >= 11 is 0. The molecule has 0 saturated carbocycles. The molecule has 0 bridgehead atoms. The number of likely N-dealkylation sites (tertiary alicyclic amines) is 1. The Labute approximate surface area is 92.2 Å². The van der Waals surface area contributed by atoms with Crippen molar-refractivity contribution in [3.63, 3.8) is 0 Å². The van der Waals surface area contributed by atoms with Crippen LogP contribution in [0.1, 0.15) is 45.4 Å². The molecule has 2 fully saturated rings. The molecule has 0 spiro atoms. The summed E-state index contributed by atoms with van der Waals surface area (Å²) in [6.45, 7) is 4.19. The van der Waals surface area contributed by atoms with Crippen LogP contribution in [0.15, 0.2) is 0 Å². The van der Waals surface area contributed by atoms with Crippen molar-refractivity contribution in [2.45, 2.75) is 57.5 Å². The fourth-order valence-electron chi connectivity index (χ4n) is 2.81. The van der Waals surface area contributed by atoms with Crippen LogP contribution in [0.4, 0.5) is 0 Å². The highest BCUT2D eigenvalue weighted by Gasteiger charge is 2.31. The summed E-state index contributed by atoms with van der Waals surface area (Å²) in [6.07, 6.45) is 6.98. The lowest BCUT2D eigenvalue weighted by Crippen LogP contribution is -2.50. The smallest absolute Gasteiger partial charge is 0.239 e. The lowest BCUT2D eigenvalue weighted by molar-refractivity contribution is -0.136. The maximum atomic E-state index is 12.2. The van der Waals surface area contributed by atoms with Gasteiger partial charge >= 0.3 is 0 Å². The number of nitrogens with zero attached hydrogens (tertiary/aromatic N) is 1. The van der Waals surface area contributed by atoms with Crippen molar-refractivity contribution in [1.82, 2.24) is 10.2 Å². The van der Waals surface area contributed by atoms with Crippen LogP contribution in [0.5, 0.6) is 0 Å². The van der Waals surface area contributed by atoms with E-state index in [-0.39, 0.29) is 6.04 Å². The number of carbonyl (C=O) groups is 1. The van der Waals surface area contributed by atoms with E-state index in [9.17, 15) is 4.79 Å². The Morgan fingerprint density at radius 3 is 2.87 bits per heavy atom. The summed E-state index contributed by atoms with van der Waals surface area (Å²) in [6, 6.07) is 0.630. The molecule has 86 valence electrons. The molecule has 1 N–H and O–H groups in total. The molecular weight excluding hydrogens is 188 g/mol. The van der Waals surface area contributed by atoms with Gasteiger partial charge in [0.05, 0.1) is 6.04 Å². The summed E-state index contributed by atoms with van der Waals surface area (Å²) < 4.78 is 0. The molecule has 2 aliphatic heterocycles. The second kappa shape index (κ2) is 4.97. The monoisotopic (exact) mass is 210 g/mol. The Kier molecular flexibility index (Phi) is 3.62. The first kappa shape index (κ1) is 10.9. The van der Waals surface area contributed by atoms with Gasteiger partial charge in [0.1, 0.15) is 0 Å². The molecule has 0 aromatic rings. The minimum Gasteiger partial charge on any atom is -0.338 e. The molecule has 3 heteroatoms. The Bertz CT molecular complexity index is 224. The van der Waals surface area contributed by atoms with Crippen molar-refractivity contribution in [3.05, 3.63) is 0 Å². The summed E-state index contributed by atoms with van der Waals surface area (Å²) in [5.41, 5.74) is 0. The topological polar surface area (TPSA) is 32.3 Å². The standard InChI is InChI=1S/C12H22N2O/c1-2-10-6-3-4-9-14(10)12(15)11-7-5-8-13-11/h10-11,13H,2-9H2,1H3/t10?,11-/m0/s1. The van der Waals surface area contributed by atoms with Crippen LogP contribution >= 0.6 is 0 Å². The van der Waals surface area contributed by atoms with Crippen LogP contribution in [0.25, 0.3) is 0 Å². The maximum Gasteiger partial charge on any atom is 0.239 e. The minimum absolute atomic E-state index is 0.122. The second-order valence-corrected chi connectivity index (χ2v) is 4.74. The maximum absolute atomic E-state index is 12.2. The third-order valence-electron chi connectivity index (χ3n) is 3.74. The van der Waals surface area contributed by atoms with Crippen molar-refractivity contribution in [2.75, 3.05) is 13.1 Å². The lowest BCUT2D eigenvalue weighted by Gasteiger charge is -2.36. The van der Waals surface area contributed by atoms with Crippen LogP contribution in [-0.4, -0.2) is 36.0 Å². The van der Waals surface area contributed by atoms with E-state index in [1.807, 2.05) is 0 Å². The van der Waals surface area contributed by atoms with Gasteiger partial charge in [-0.1, -0.05) is 6.92 Å². The molecular formula is C12H22N2O. The van der Waals surface area contributed by atoms with Crippen LogP contribution < -0.4 is 5.32 Å². The number of amides is 1. The average Bonchev–Trinajstić information content (AvgIpc) is 2.81. The van der Waals surface area contributed by atoms with Gasteiger partial charge < -0.3 is 10.2 Å². The van der Waals surface area contributed by atoms with E-state index in [2.05, 4.69) is 17.1 Å². The minimum atomic E-state index is 0.122. The number of carbonyl (C=O) groups excluding carboxylic acids is 1. The van der Waals surface area contributed by atoms with Crippen molar-refractivity contribution >= 4 is 5.91 Å². The van der Waals surface area contributed by atoms with Gasteiger partial charge in [-0.05, 0) is 45.1 Å². The summed E-state index contributed by atoms with van der Waals surface area (Å²) in [5, 5.41) is 3.31. The van der Waals surface area contributed by atoms with E-state index in [1.54, 1.807) is 0 Å². The van der Waals surface area contributed by atoms with Gasteiger partial charge in [-0.2, -0.15) is 0 Å². The number of hydrogen-bond donors (Lipinski definition) is 1. The zero-order chi connectivity index (χ0) is 10.7. The summed E-state index contributed by atoms with van der Waals surface area (Å²) in [5.74, 6) is 0.360. The molecule has 15 heavy (non-hydrogen) atoms. The Balaban J connectivity index is 1.96. The normalized spacial score (nSPS) is 31.9. The highest BCUT2D eigenvalue weighted by Crippen LogP contribution is 2.21. The van der Waals surface area contributed by atoms with E-state index in [4.69, 9.17) is 0 Å². The van der Waals surface area contributed by atoms with Crippen LogP contribution in [0.2, 0.25) is 0 Å². The first-order chi connectivity index (χ1) is 7.33. The molecule has 1 unspecified atom stereocenters. The van der Waals surface area contributed by atoms with E-state index in [0.29, 0.717) is 11.9 Å². The molecule has 3 nitrogen and oxygen atoms in total. The van der Waals surface area contributed by atoms with Gasteiger partial charge in [-0.15, -0.1) is 0 Å². The van der Waals surface area contributed by atoms with Crippen molar-refractivity contribution in [3.8, 4) is 0 Å². The Hall–Kier alpha value is -0.570. The van der Waals surface area contributed by atoms with Crippen molar-refractivity contribution < 1.29 is 4.79 Å². The number of piperidine rings is 1. The highest BCUT2D eigenvalue weighted by atomic mass is 16.2. The molecule has 2 rings (SSSR count). The molecule has 0 aliphatic carbocycles. The molecule has 0 radical (unpaired) electrons. The third kappa shape index (κ3) is 2.33. The lowest BCUT2D eigenvalue weighted by atomic mass is 9.99. The van der Waals surface area contributed by atoms with E-state index >= 15 is 0 Å². The highest BCUT2D eigenvalue weighted by molar-refractivity contribution is 5.82. The Morgan fingerprint density at radius 2 is 2.20 bits per heavy atom. The summed E-state index contributed by atoms with van der Waals surface area (Å²) in [4.78, 5) is 14.4. The van der Waals surface area contributed by atoms with Crippen LogP contribution in [0, 0.1) is 0 Å². The fraction of sp³-hybridized carbons (Fsp3) is 0.917. The quantitative estimate of drug-likeness (QED) is 0.749. The first-order valence-electron chi connectivity index (χ1n) is 6.36. The first-order valence-corrected chi connectivity index (χ1v) is 6.36. The van der Waals surface area contributed by atoms with Gasteiger partial charge in [-0.3, -0.25) is 4.79 Å². The third-order valence-corrected chi connectivity index (χ3v) is 3.74. The van der Waals surface area contributed by atoms with E-state index in [1.165, 1.54) is 19.3 Å². The number of nitrogens with one attached hydrogen (secondary N) is 1. The van der Waals surface area contributed by atoms with E-state index < -0.39 is 0 Å². The zero-order valence-corrected chi connectivity index (χ0v) is 9.67. The SMILES string of the molecule is CCC1CCCCN1C(=O)[C@@H]1CCCN1. The molecule has 0 aromatic carbocycles. The molecule has 0 aromatic heterocycles. The molecule has 2 atom stereocenters. The second-order valence-electron chi connectivity index (χ2n) is 4.74. The van der Waals surface area contributed by atoms with Crippen LogP contribution in [-0.2, 0) is 4.79 Å². The van der Waals surface area contributed by atoms with Crippen LogP contribution in [0.3, 0.4) is 0 Å². The molecule has 2 saturated heterocycles. The molecule has 1 amide bonds. The van der Waals surface area contributed by atoms with Gasteiger partial charge in [-0.25, -0.2) is 0 Å². The predicted octanol–water partition coefficient (Wildman–Crippen LogP) is 1.53. The van der Waals surface area contributed by atoms with Gasteiger partial charge in [0.25, 0.3) is 0 Å². The zero-order valence-electron chi connectivity index (χ0n) is 9.67. The van der Waals surface area contributed by atoms with Gasteiger partial charge in [0.2, 0.25) is 5.91 Å². The van der Waals surface area contributed by atoms with Crippen molar-refractivity contribution in [2.24, 2.45) is 0 Å². The average molecular weight is 210 g/mol. The Morgan fingerprint density at radius 1 is 1.33 bits per heavy atom. The molecule has 2 aliphatic rings. The predicted molar refractivity (Wildman–Crippen MR) is 60.7 cm³/mol. The molecule has 2 heterocycles. The summed E-state index contributed by atoms with van der Waals surface area (Å²) in [7, 11) is 0. The number of hydrogen-bond acceptors (Lipinski definition) is 2. The fourth-order valence-corrected chi connectivity index (χ4v) is 2.81. The van der Waals surface area contributed by atoms with Gasteiger partial charge in [0, 0.05) is 12.6 Å². The largest absolute Gasteiger partial charge is 0.338 e. The van der Waals surface area contributed by atoms with E-state index in [0.717, 1.165) is 32.4 Å². The van der Waals surface area contributed by atoms with Gasteiger partial charge in [0.15, 0.2) is 0 Å². The van der Waals surface area contributed by atoms with Crippen molar-refractivity contribution in [1.29, 1.82) is 0 Å². The number of rotatable bonds is 2.